The monoisotopic (exact) mass is 393 g/mol. The molecule has 1 N–H and O–H groups in total. The van der Waals surface area contributed by atoms with Crippen LogP contribution in [0.15, 0.2) is 62.9 Å². The van der Waals surface area contributed by atoms with Gasteiger partial charge in [-0.15, -0.1) is 0 Å². The lowest BCUT2D eigenvalue weighted by Crippen LogP contribution is -2.20. The van der Waals surface area contributed by atoms with E-state index < -0.39 is 20.6 Å². The van der Waals surface area contributed by atoms with Gasteiger partial charge in [-0.05, 0) is 31.2 Å². The Hall–Kier alpha value is -2.91. The molecule has 0 unspecified atom stereocenters. The van der Waals surface area contributed by atoms with E-state index in [0.717, 1.165) is 23.6 Å². The number of rotatable bonds is 5. The van der Waals surface area contributed by atoms with Crippen LogP contribution in [0.5, 0.6) is 0 Å². The quantitative estimate of drug-likeness (QED) is 0.403. The van der Waals surface area contributed by atoms with Crippen LogP contribution in [0.2, 0.25) is 5.02 Å². The summed E-state index contributed by atoms with van der Waals surface area (Å²) in [6, 6.07) is 12.2. The lowest BCUT2D eigenvalue weighted by Gasteiger charge is -2.05. The normalized spacial score (nSPS) is 12.3. The number of nitro benzene ring substituents is 1. The van der Waals surface area contributed by atoms with Gasteiger partial charge in [0.2, 0.25) is 0 Å². The minimum absolute atomic E-state index is 0.157. The van der Waals surface area contributed by atoms with Gasteiger partial charge in [0.15, 0.2) is 5.76 Å². The summed E-state index contributed by atoms with van der Waals surface area (Å²) in [6.07, 6.45) is 0. The highest BCUT2D eigenvalue weighted by Crippen LogP contribution is 2.27. The topological polar surface area (TPSA) is 115 Å². The molecule has 10 heteroatoms. The molecule has 1 aromatic heterocycles. The van der Waals surface area contributed by atoms with E-state index in [1.165, 1.54) is 0 Å². The molecule has 0 radical (unpaired) electrons. The van der Waals surface area contributed by atoms with Gasteiger partial charge in [-0.3, -0.25) is 10.1 Å². The lowest BCUT2D eigenvalue weighted by molar-refractivity contribution is -0.384. The third-order valence-corrected chi connectivity index (χ3v) is 5.07. The van der Waals surface area contributed by atoms with Crippen molar-refractivity contribution in [1.82, 2.24) is 4.83 Å². The Morgan fingerprint density at radius 2 is 1.96 bits per heavy atom. The molecule has 3 aromatic rings. The summed E-state index contributed by atoms with van der Waals surface area (Å²) in [5, 5.41) is 15.4. The first-order chi connectivity index (χ1) is 12.3. The SMILES string of the molecule is CC(=NNS(=O)(=O)c1ccc(Cl)c([N+](=O)[O-])c1)c1cc2ccccc2o1. The fourth-order valence-electron chi connectivity index (χ4n) is 2.20. The number of fused-ring (bicyclic) bond motifs is 1. The van der Waals surface area contributed by atoms with Crippen LogP contribution in [0.3, 0.4) is 0 Å². The van der Waals surface area contributed by atoms with Crippen LogP contribution in [-0.2, 0) is 10.0 Å². The number of benzene rings is 2. The molecule has 26 heavy (non-hydrogen) atoms. The molecule has 0 fully saturated rings. The van der Waals surface area contributed by atoms with E-state index in [-0.39, 0.29) is 9.92 Å². The zero-order valence-corrected chi connectivity index (χ0v) is 14.9. The highest BCUT2D eigenvalue weighted by atomic mass is 35.5. The van der Waals surface area contributed by atoms with Gasteiger partial charge in [0, 0.05) is 11.5 Å². The Balaban J connectivity index is 1.88. The molecular weight excluding hydrogens is 382 g/mol. The molecule has 0 amide bonds. The average molecular weight is 394 g/mol. The molecule has 8 nitrogen and oxygen atoms in total. The molecule has 0 saturated carbocycles. The second-order valence-electron chi connectivity index (χ2n) is 5.31. The highest BCUT2D eigenvalue weighted by Gasteiger charge is 2.20. The number of nitrogens with zero attached hydrogens (tertiary/aromatic N) is 2. The molecule has 0 bridgehead atoms. The van der Waals surface area contributed by atoms with E-state index in [4.69, 9.17) is 16.0 Å². The maximum absolute atomic E-state index is 12.3. The number of hydrogen-bond donors (Lipinski definition) is 1. The minimum Gasteiger partial charge on any atom is -0.455 e. The molecule has 0 saturated heterocycles. The first-order valence-electron chi connectivity index (χ1n) is 7.27. The maximum atomic E-state index is 12.3. The Kier molecular flexibility index (Phi) is 4.66. The van der Waals surface area contributed by atoms with E-state index in [2.05, 4.69) is 5.10 Å². The molecule has 0 aliphatic carbocycles. The number of hydrogen-bond acceptors (Lipinski definition) is 6. The summed E-state index contributed by atoms with van der Waals surface area (Å²) in [4.78, 5) is 11.9. The third kappa shape index (κ3) is 3.53. The predicted octanol–water partition coefficient (Wildman–Crippen LogP) is 3.70. The number of sulfonamides is 1. The third-order valence-electron chi connectivity index (χ3n) is 3.54. The molecule has 0 aliphatic rings. The fraction of sp³-hybridized carbons (Fsp3) is 0.0625. The van der Waals surface area contributed by atoms with Crippen molar-refractivity contribution in [2.24, 2.45) is 5.10 Å². The lowest BCUT2D eigenvalue weighted by atomic mass is 10.2. The van der Waals surface area contributed by atoms with Crippen LogP contribution in [0.1, 0.15) is 12.7 Å². The van der Waals surface area contributed by atoms with Crippen LogP contribution < -0.4 is 4.83 Å². The number of furan rings is 1. The van der Waals surface area contributed by atoms with Crippen LogP contribution >= 0.6 is 11.6 Å². The van der Waals surface area contributed by atoms with Crippen molar-refractivity contribution in [1.29, 1.82) is 0 Å². The van der Waals surface area contributed by atoms with Gasteiger partial charge in [0.05, 0.1) is 9.82 Å². The van der Waals surface area contributed by atoms with Gasteiger partial charge in [-0.2, -0.15) is 18.4 Å². The molecular formula is C16H12ClN3O5S. The van der Waals surface area contributed by atoms with Crippen LogP contribution in [0.4, 0.5) is 5.69 Å². The van der Waals surface area contributed by atoms with E-state index in [1.54, 1.807) is 19.1 Å². The molecule has 0 atom stereocenters. The Morgan fingerprint density at radius 1 is 1.23 bits per heavy atom. The van der Waals surface area contributed by atoms with Crippen molar-refractivity contribution in [2.75, 3.05) is 0 Å². The second kappa shape index (κ2) is 6.77. The Labute approximate surface area is 153 Å². The number of hydrazone groups is 1. The summed E-state index contributed by atoms with van der Waals surface area (Å²) in [5.41, 5.74) is 0.439. The number of halogens is 1. The second-order valence-corrected chi connectivity index (χ2v) is 7.38. The smallest absolute Gasteiger partial charge is 0.289 e. The predicted molar refractivity (Wildman–Crippen MR) is 96.9 cm³/mol. The highest BCUT2D eigenvalue weighted by molar-refractivity contribution is 7.89. The largest absolute Gasteiger partial charge is 0.455 e. The number of para-hydroxylation sites is 1. The van der Waals surface area contributed by atoms with Crippen LogP contribution in [-0.4, -0.2) is 19.1 Å². The standard InChI is InChI=1S/C16H12ClN3O5S/c1-10(16-8-11-4-2-3-5-15(11)25-16)18-19-26(23,24)12-6-7-13(17)14(9-12)20(21)22/h2-9,19H,1H3. The summed E-state index contributed by atoms with van der Waals surface area (Å²) < 4.78 is 30.2. The summed E-state index contributed by atoms with van der Waals surface area (Å²) >= 11 is 5.69. The van der Waals surface area contributed by atoms with Crippen molar-refractivity contribution >= 4 is 44.0 Å². The van der Waals surface area contributed by atoms with Crippen molar-refractivity contribution in [3.8, 4) is 0 Å². The zero-order chi connectivity index (χ0) is 18.9. The summed E-state index contributed by atoms with van der Waals surface area (Å²) in [6.45, 7) is 1.57. The Morgan fingerprint density at radius 3 is 2.65 bits per heavy atom. The van der Waals surface area contributed by atoms with Gasteiger partial charge in [0.25, 0.3) is 15.7 Å². The van der Waals surface area contributed by atoms with Gasteiger partial charge in [-0.1, -0.05) is 29.8 Å². The molecule has 3 rings (SSSR count). The number of nitro groups is 1. The van der Waals surface area contributed by atoms with Gasteiger partial charge in [0.1, 0.15) is 16.3 Å². The van der Waals surface area contributed by atoms with E-state index in [9.17, 15) is 18.5 Å². The molecule has 0 spiro atoms. The maximum Gasteiger partial charge on any atom is 0.289 e. The number of nitrogens with one attached hydrogen (secondary N) is 1. The van der Waals surface area contributed by atoms with Crippen LogP contribution in [0, 0.1) is 10.1 Å². The molecule has 134 valence electrons. The summed E-state index contributed by atoms with van der Waals surface area (Å²) in [7, 11) is -4.11. The van der Waals surface area contributed by atoms with Gasteiger partial charge in [-0.25, -0.2) is 0 Å². The van der Waals surface area contributed by atoms with E-state index >= 15 is 0 Å². The molecule has 0 aliphatic heterocycles. The van der Waals surface area contributed by atoms with E-state index in [1.807, 2.05) is 23.0 Å². The molecule has 1 heterocycles. The van der Waals surface area contributed by atoms with Crippen molar-refractivity contribution in [3.63, 3.8) is 0 Å². The van der Waals surface area contributed by atoms with Crippen LogP contribution in [0.25, 0.3) is 11.0 Å². The van der Waals surface area contributed by atoms with Gasteiger partial charge < -0.3 is 4.42 Å². The van der Waals surface area contributed by atoms with Gasteiger partial charge >= 0.3 is 0 Å². The summed E-state index contributed by atoms with van der Waals surface area (Å²) in [5.74, 6) is 0.399. The first kappa shape index (κ1) is 17.9. The average Bonchev–Trinajstić information content (AvgIpc) is 3.04. The zero-order valence-electron chi connectivity index (χ0n) is 13.3. The van der Waals surface area contributed by atoms with Crippen molar-refractivity contribution < 1.29 is 17.8 Å². The van der Waals surface area contributed by atoms with Crippen molar-refractivity contribution in [2.45, 2.75) is 11.8 Å². The van der Waals surface area contributed by atoms with E-state index in [0.29, 0.717) is 17.1 Å². The molecule has 2 aromatic carbocycles. The first-order valence-corrected chi connectivity index (χ1v) is 9.13. The Bertz CT molecular complexity index is 1100. The minimum atomic E-state index is -4.11. The van der Waals surface area contributed by atoms with Crippen molar-refractivity contribution in [3.05, 3.63) is 69.4 Å². The fourth-order valence-corrected chi connectivity index (χ4v) is 3.26.